The van der Waals surface area contributed by atoms with Crippen LogP contribution in [-0.2, 0) is 13.1 Å². The highest BCUT2D eigenvalue weighted by molar-refractivity contribution is 7.71. The minimum Gasteiger partial charge on any atom is -0.350 e. The normalized spacial score (nSPS) is 10.4. The molecule has 3 aromatic rings. The van der Waals surface area contributed by atoms with Crippen molar-refractivity contribution in [3.8, 4) is 0 Å². The van der Waals surface area contributed by atoms with Crippen LogP contribution in [0.3, 0.4) is 0 Å². The molecule has 0 saturated carbocycles. The van der Waals surface area contributed by atoms with Gasteiger partial charge in [0.05, 0.1) is 12.2 Å². The van der Waals surface area contributed by atoms with Gasteiger partial charge >= 0.3 is 0 Å². The Balaban J connectivity index is 1.68. The number of nitrogens with zero attached hydrogens (tertiary/aromatic N) is 4. The van der Waals surface area contributed by atoms with Crippen LogP contribution >= 0.6 is 12.2 Å². The first-order valence-corrected chi connectivity index (χ1v) is 7.33. The number of nitrogens with one attached hydrogen (secondary N) is 1. The summed E-state index contributed by atoms with van der Waals surface area (Å²) in [5, 5.41) is 3.18. The summed E-state index contributed by atoms with van der Waals surface area (Å²) in [6.45, 7) is 1.23. The van der Waals surface area contributed by atoms with Crippen LogP contribution in [0.15, 0.2) is 61.1 Å². The first kappa shape index (κ1) is 14.3. The molecule has 5 nitrogen and oxygen atoms in total. The predicted molar refractivity (Wildman–Crippen MR) is 88.0 cm³/mol. The van der Waals surface area contributed by atoms with Crippen LogP contribution in [0.1, 0.15) is 11.3 Å². The molecule has 0 unspecified atom stereocenters. The van der Waals surface area contributed by atoms with Crippen molar-refractivity contribution in [2.75, 3.05) is 5.32 Å². The summed E-state index contributed by atoms with van der Waals surface area (Å²) in [7, 11) is 0. The molecule has 2 heterocycles. The average molecular weight is 309 g/mol. The van der Waals surface area contributed by atoms with E-state index in [1.807, 2.05) is 48.5 Å². The largest absolute Gasteiger partial charge is 0.350 e. The molecule has 1 aromatic carbocycles. The van der Waals surface area contributed by atoms with E-state index in [4.69, 9.17) is 12.2 Å². The van der Waals surface area contributed by atoms with Gasteiger partial charge in [-0.1, -0.05) is 36.4 Å². The Bertz CT molecular complexity index is 786. The number of pyridine rings is 1. The Morgan fingerprint density at radius 3 is 2.55 bits per heavy atom. The van der Waals surface area contributed by atoms with Crippen molar-refractivity contribution in [1.82, 2.24) is 19.5 Å². The molecule has 22 heavy (non-hydrogen) atoms. The molecule has 0 fully saturated rings. The van der Waals surface area contributed by atoms with Crippen molar-refractivity contribution in [2.45, 2.75) is 13.1 Å². The van der Waals surface area contributed by atoms with E-state index in [0.717, 1.165) is 5.69 Å². The smallest absolute Gasteiger partial charge is 0.227 e. The number of anilines is 1. The topological polar surface area (TPSA) is 55.6 Å². The van der Waals surface area contributed by atoms with Gasteiger partial charge in [0, 0.05) is 12.7 Å². The lowest BCUT2D eigenvalue weighted by Crippen LogP contribution is -2.10. The number of aromatic nitrogens is 4. The van der Waals surface area contributed by atoms with Crippen molar-refractivity contribution >= 4 is 18.2 Å². The van der Waals surface area contributed by atoms with Crippen molar-refractivity contribution in [1.29, 1.82) is 0 Å². The molecule has 0 saturated heterocycles. The van der Waals surface area contributed by atoms with Gasteiger partial charge in [0.25, 0.3) is 0 Å². The second-order valence-electron chi connectivity index (χ2n) is 4.75. The zero-order chi connectivity index (χ0) is 15.2. The molecule has 0 aliphatic carbocycles. The molecule has 0 aliphatic heterocycles. The maximum atomic E-state index is 5.31. The van der Waals surface area contributed by atoms with Gasteiger partial charge in [-0.05, 0) is 29.9 Å². The maximum absolute atomic E-state index is 5.31. The summed E-state index contributed by atoms with van der Waals surface area (Å²) in [6, 6.07) is 15.9. The molecule has 3 rings (SSSR count). The van der Waals surface area contributed by atoms with Gasteiger partial charge in [-0.25, -0.2) is 4.98 Å². The molecule has 0 amide bonds. The number of hydrogen-bond acceptors (Lipinski definition) is 5. The quantitative estimate of drug-likeness (QED) is 0.734. The predicted octanol–water partition coefficient (Wildman–Crippen LogP) is 3.06. The fourth-order valence-corrected chi connectivity index (χ4v) is 2.19. The van der Waals surface area contributed by atoms with E-state index in [1.165, 1.54) is 5.56 Å². The lowest BCUT2D eigenvalue weighted by atomic mass is 10.2. The lowest BCUT2D eigenvalue weighted by Gasteiger charge is -2.08. The van der Waals surface area contributed by atoms with E-state index in [-0.39, 0.29) is 0 Å². The second kappa shape index (κ2) is 6.91. The Hall–Kier alpha value is -2.60. The highest BCUT2D eigenvalue weighted by atomic mass is 32.1. The van der Waals surface area contributed by atoms with Crippen LogP contribution in [0.2, 0.25) is 0 Å². The third-order valence-electron chi connectivity index (χ3n) is 3.12. The summed E-state index contributed by atoms with van der Waals surface area (Å²) >= 11 is 5.31. The molecule has 6 heteroatoms. The Kier molecular flexibility index (Phi) is 4.50. The third-order valence-corrected chi connectivity index (χ3v) is 3.44. The second-order valence-corrected chi connectivity index (χ2v) is 5.12. The fourth-order valence-electron chi connectivity index (χ4n) is 1.99. The van der Waals surface area contributed by atoms with Gasteiger partial charge in [-0.3, -0.25) is 4.98 Å². The molecule has 0 atom stereocenters. The maximum Gasteiger partial charge on any atom is 0.227 e. The van der Waals surface area contributed by atoms with E-state index >= 15 is 0 Å². The van der Waals surface area contributed by atoms with E-state index in [1.54, 1.807) is 17.1 Å². The Morgan fingerprint density at radius 2 is 1.82 bits per heavy atom. The molecular weight excluding hydrogens is 294 g/mol. The number of benzene rings is 1. The van der Waals surface area contributed by atoms with Gasteiger partial charge in [-0.2, -0.15) is 4.98 Å². The Morgan fingerprint density at radius 1 is 1.00 bits per heavy atom. The van der Waals surface area contributed by atoms with E-state index < -0.39 is 0 Å². The van der Waals surface area contributed by atoms with Crippen LogP contribution in [0, 0.1) is 4.77 Å². The van der Waals surface area contributed by atoms with Crippen LogP contribution in [0.4, 0.5) is 5.95 Å². The van der Waals surface area contributed by atoms with E-state index in [9.17, 15) is 0 Å². The zero-order valence-electron chi connectivity index (χ0n) is 11.9. The lowest BCUT2D eigenvalue weighted by molar-refractivity contribution is 0.708. The molecule has 0 spiro atoms. The van der Waals surface area contributed by atoms with E-state index in [0.29, 0.717) is 23.8 Å². The molecular formula is C16H15N5S. The summed E-state index contributed by atoms with van der Waals surface area (Å²) in [6.07, 6.45) is 3.45. The van der Waals surface area contributed by atoms with Gasteiger partial charge in [0.15, 0.2) is 0 Å². The highest BCUT2D eigenvalue weighted by Crippen LogP contribution is 2.05. The molecule has 0 radical (unpaired) electrons. The van der Waals surface area contributed by atoms with Gasteiger partial charge in [0.2, 0.25) is 10.7 Å². The van der Waals surface area contributed by atoms with Crippen molar-refractivity contribution < 1.29 is 0 Å². The number of rotatable bonds is 5. The van der Waals surface area contributed by atoms with E-state index in [2.05, 4.69) is 20.3 Å². The molecule has 0 aliphatic rings. The minimum absolute atomic E-state index is 0.483. The van der Waals surface area contributed by atoms with Gasteiger partial charge in [-0.15, -0.1) is 0 Å². The summed E-state index contributed by atoms with van der Waals surface area (Å²) in [4.78, 5) is 12.9. The zero-order valence-corrected chi connectivity index (χ0v) is 12.7. The van der Waals surface area contributed by atoms with Crippen molar-refractivity contribution in [2.24, 2.45) is 0 Å². The summed E-state index contributed by atoms with van der Waals surface area (Å²) < 4.78 is 2.28. The fraction of sp³-hybridized carbons (Fsp3) is 0.125. The van der Waals surface area contributed by atoms with Gasteiger partial charge in [0.1, 0.15) is 6.33 Å². The number of hydrogen-bond donors (Lipinski definition) is 1. The van der Waals surface area contributed by atoms with Gasteiger partial charge < -0.3 is 9.88 Å². The Labute approximate surface area is 133 Å². The molecule has 110 valence electrons. The third kappa shape index (κ3) is 3.73. The molecule has 1 N–H and O–H groups in total. The average Bonchev–Trinajstić information content (AvgIpc) is 2.57. The van der Waals surface area contributed by atoms with Crippen LogP contribution in [0.25, 0.3) is 0 Å². The summed E-state index contributed by atoms with van der Waals surface area (Å²) in [5.41, 5.74) is 2.09. The molecule has 0 bridgehead atoms. The SMILES string of the molecule is S=c1nc(NCc2ccccc2)ncn1Cc1ccccn1. The van der Waals surface area contributed by atoms with Crippen LogP contribution in [-0.4, -0.2) is 19.5 Å². The summed E-state index contributed by atoms with van der Waals surface area (Å²) in [5.74, 6) is 0.533. The molecule has 2 aromatic heterocycles. The monoisotopic (exact) mass is 309 g/mol. The minimum atomic E-state index is 0.483. The highest BCUT2D eigenvalue weighted by Gasteiger charge is 2.01. The van der Waals surface area contributed by atoms with Crippen molar-refractivity contribution in [3.05, 3.63) is 77.1 Å². The first-order valence-electron chi connectivity index (χ1n) is 6.92. The van der Waals surface area contributed by atoms with Crippen LogP contribution in [0.5, 0.6) is 0 Å². The standard InChI is InChI=1S/C16H15N5S/c22-16-20-15(18-10-13-6-2-1-3-7-13)19-12-21(16)11-14-8-4-5-9-17-14/h1-9,12H,10-11H2,(H,18,20,22). The van der Waals surface area contributed by atoms with Crippen LogP contribution < -0.4 is 5.32 Å². The first-order chi connectivity index (χ1) is 10.8. The van der Waals surface area contributed by atoms with Crippen molar-refractivity contribution in [3.63, 3.8) is 0 Å².